The first kappa shape index (κ1) is 13.4. The van der Waals surface area contributed by atoms with Gasteiger partial charge in [0.15, 0.2) is 0 Å². The molecule has 0 bridgehead atoms. The second-order valence-electron chi connectivity index (χ2n) is 4.73. The minimum atomic E-state index is -0.242. The highest BCUT2D eigenvalue weighted by Gasteiger charge is 2.32. The van der Waals surface area contributed by atoms with Gasteiger partial charge in [-0.2, -0.15) is 0 Å². The van der Waals surface area contributed by atoms with Gasteiger partial charge in [-0.3, -0.25) is 4.79 Å². The number of halogens is 2. The van der Waals surface area contributed by atoms with E-state index >= 15 is 0 Å². The van der Waals surface area contributed by atoms with Crippen LogP contribution in [0.15, 0.2) is 42.6 Å². The fourth-order valence-corrected chi connectivity index (χ4v) is 2.92. The Kier molecular flexibility index (Phi) is 3.64. The molecule has 1 aromatic carbocycles. The van der Waals surface area contributed by atoms with Gasteiger partial charge in [0.2, 0.25) is 0 Å². The van der Waals surface area contributed by atoms with Crippen molar-refractivity contribution in [1.82, 2.24) is 10.3 Å². The lowest BCUT2D eigenvalue weighted by Gasteiger charge is -2.17. The third kappa shape index (κ3) is 2.51. The molecule has 3 nitrogen and oxygen atoms in total. The number of aromatic nitrogens is 1. The quantitative estimate of drug-likeness (QED) is 0.864. The molecule has 2 unspecified atom stereocenters. The number of fused-ring (bicyclic) bond motifs is 1. The van der Waals surface area contributed by atoms with Gasteiger partial charge in [0.1, 0.15) is 5.69 Å². The first-order valence-corrected chi connectivity index (χ1v) is 7.11. The van der Waals surface area contributed by atoms with Gasteiger partial charge in [-0.15, -0.1) is 11.6 Å². The highest BCUT2D eigenvalue weighted by Crippen LogP contribution is 2.34. The van der Waals surface area contributed by atoms with E-state index in [4.69, 9.17) is 23.2 Å². The normalized spacial score (nSPS) is 20.5. The summed E-state index contributed by atoms with van der Waals surface area (Å²) in [6, 6.07) is 11.0. The zero-order chi connectivity index (χ0) is 14.1. The highest BCUT2D eigenvalue weighted by atomic mass is 35.5. The van der Waals surface area contributed by atoms with Crippen LogP contribution in [0.1, 0.15) is 27.7 Å². The van der Waals surface area contributed by atoms with E-state index in [0.717, 1.165) is 12.0 Å². The molecule has 102 valence electrons. The van der Waals surface area contributed by atoms with Crippen LogP contribution in [0.2, 0.25) is 5.02 Å². The SMILES string of the molecule is O=C(NC1c2ccccc2CC1Cl)c1ccc(Cl)cn1. The lowest BCUT2D eigenvalue weighted by molar-refractivity contribution is 0.0932. The fourth-order valence-electron chi connectivity index (χ4n) is 2.44. The summed E-state index contributed by atoms with van der Waals surface area (Å²) in [5.74, 6) is -0.242. The van der Waals surface area contributed by atoms with Crippen molar-refractivity contribution in [2.45, 2.75) is 17.8 Å². The van der Waals surface area contributed by atoms with Crippen molar-refractivity contribution < 1.29 is 4.79 Å². The van der Waals surface area contributed by atoms with Crippen LogP contribution in [0.5, 0.6) is 0 Å². The number of nitrogens with one attached hydrogen (secondary N) is 1. The fraction of sp³-hybridized carbons (Fsp3) is 0.200. The van der Waals surface area contributed by atoms with Gasteiger partial charge < -0.3 is 5.32 Å². The highest BCUT2D eigenvalue weighted by molar-refractivity contribution is 6.30. The number of hydrogen-bond acceptors (Lipinski definition) is 2. The van der Waals surface area contributed by atoms with Gasteiger partial charge in [0.25, 0.3) is 5.91 Å². The summed E-state index contributed by atoms with van der Waals surface area (Å²) in [6.45, 7) is 0. The average molecular weight is 307 g/mol. The van der Waals surface area contributed by atoms with Crippen LogP contribution in [0.4, 0.5) is 0 Å². The Balaban J connectivity index is 1.81. The molecule has 0 aliphatic heterocycles. The predicted octanol–water partition coefficient (Wildman–Crippen LogP) is 3.37. The molecule has 3 rings (SSSR count). The van der Waals surface area contributed by atoms with Crippen LogP contribution in [0.25, 0.3) is 0 Å². The van der Waals surface area contributed by atoms with E-state index in [0.29, 0.717) is 10.7 Å². The minimum absolute atomic E-state index is 0.136. The number of rotatable bonds is 2. The second kappa shape index (κ2) is 5.43. The largest absolute Gasteiger partial charge is 0.342 e. The van der Waals surface area contributed by atoms with E-state index in [-0.39, 0.29) is 17.3 Å². The van der Waals surface area contributed by atoms with Crippen molar-refractivity contribution in [3.8, 4) is 0 Å². The smallest absolute Gasteiger partial charge is 0.270 e. The Morgan fingerprint density at radius 1 is 1.25 bits per heavy atom. The molecule has 1 aliphatic rings. The molecule has 20 heavy (non-hydrogen) atoms. The monoisotopic (exact) mass is 306 g/mol. The molecule has 0 saturated carbocycles. The lowest BCUT2D eigenvalue weighted by atomic mass is 10.1. The van der Waals surface area contributed by atoms with Crippen molar-refractivity contribution in [3.63, 3.8) is 0 Å². The average Bonchev–Trinajstić information content (AvgIpc) is 2.76. The molecule has 0 spiro atoms. The molecule has 2 aromatic rings. The van der Waals surface area contributed by atoms with E-state index in [1.54, 1.807) is 12.1 Å². The Morgan fingerprint density at radius 3 is 2.80 bits per heavy atom. The first-order chi connectivity index (χ1) is 9.65. The van der Waals surface area contributed by atoms with E-state index < -0.39 is 0 Å². The predicted molar refractivity (Wildman–Crippen MR) is 79.2 cm³/mol. The third-order valence-electron chi connectivity index (χ3n) is 3.41. The third-order valence-corrected chi connectivity index (χ3v) is 4.04. The van der Waals surface area contributed by atoms with Crippen molar-refractivity contribution >= 4 is 29.1 Å². The lowest BCUT2D eigenvalue weighted by Crippen LogP contribution is -2.32. The minimum Gasteiger partial charge on any atom is -0.342 e. The topological polar surface area (TPSA) is 42.0 Å². The summed E-state index contributed by atoms with van der Waals surface area (Å²) in [6.07, 6.45) is 2.22. The zero-order valence-corrected chi connectivity index (χ0v) is 12.0. The van der Waals surface area contributed by atoms with Crippen LogP contribution in [0.3, 0.4) is 0 Å². The number of benzene rings is 1. The van der Waals surface area contributed by atoms with Crippen molar-refractivity contribution in [1.29, 1.82) is 0 Å². The van der Waals surface area contributed by atoms with Gasteiger partial charge in [0.05, 0.1) is 16.4 Å². The van der Waals surface area contributed by atoms with Crippen LogP contribution in [0, 0.1) is 0 Å². The Hall–Kier alpha value is -1.58. The van der Waals surface area contributed by atoms with Gasteiger partial charge in [-0.05, 0) is 29.7 Å². The zero-order valence-electron chi connectivity index (χ0n) is 10.5. The Labute approximate surface area is 126 Å². The standard InChI is InChI=1S/C15H12Cl2N2O/c16-10-5-6-13(18-8-10)15(20)19-14-11-4-2-1-3-9(11)7-12(14)17/h1-6,8,12,14H,7H2,(H,19,20). The Morgan fingerprint density at radius 2 is 2.05 bits per heavy atom. The maximum Gasteiger partial charge on any atom is 0.270 e. The summed E-state index contributed by atoms with van der Waals surface area (Å²) >= 11 is 12.1. The van der Waals surface area contributed by atoms with Crippen molar-refractivity contribution in [3.05, 3.63) is 64.4 Å². The maximum absolute atomic E-state index is 12.2. The summed E-state index contributed by atoms with van der Waals surface area (Å²) in [7, 11) is 0. The number of alkyl halides is 1. The molecule has 0 saturated heterocycles. The van der Waals surface area contributed by atoms with Gasteiger partial charge in [-0.25, -0.2) is 4.98 Å². The number of carbonyl (C=O) groups is 1. The molecule has 0 radical (unpaired) electrons. The van der Waals surface area contributed by atoms with Crippen molar-refractivity contribution in [2.75, 3.05) is 0 Å². The molecule has 1 heterocycles. The molecule has 1 aliphatic carbocycles. The number of amides is 1. The summed E-state index contributed by atoms with van der Waals surface area (Å²) < 4.78 is 0. The summed E-state index contributed by atoms with van der Waals surface area (Å²) in [5.41, 5.74) is 2.60. The number of carbonyl (C=O) groups excluding carboxylic acids is 1. The molecule has 5 heteroatoms. The number of nitrogens with zero attached hydrogens (tertiary/aromatic N) is 1. The number of hydrogen-bond donors (Lipinski definition) is 1. The molecule has 0 fully saturated rings. The molecule has 1 amide bonds. The van der Waals surface area contributed by atoms with Crippen molar-refractivity contribution in [2.24, 2.45) is 0 Å². The van der Waals surface area contributed by atoms with E-state index in [1.165, 1.54) is 11.8 Å². The molecule has 1 aromatic heterocycles. The summed E-state index contributed by atoms with van der Waals surface area (Å²) in [4.78, 5) is 16.2. The second-order valence-corrected chi connectivity index (χ2v) is 5.73. The van der Waals surface area contributed by atoms with Gasteiger partial charge in [-0.1, -0.05) is 35.9 Å². The Bertz CT molecular complexity index is 643. The number of pyridine rings is 1. The van der Waals surface area contributed by atoms with E-state index in [1.807, 2.05) is 24.3 Å². The first-order valence-electron chi connectivity index (χ1n) is 6.29. The molecule has 1 N–H and O–H groups in total. The van der Waals surface area contributed by atoms with Crippen LogP contribution in [-0.4, -0.2) is 16.3 Å². The maximum atomic E-state index is 12.2. The van der Waals surface area contributed by atoms with Crippen LogP contribution in [-0.2, 0) is 6.42 Å². The molecular weight excluding hydrogens is 295 g/mol. The van der Waals surface area contributed by atoms with Crippen LogP contribution < -0.4 is 5.32 Å². The summed E-state index contributed by atoms with van der Waals surface area (Å²) in [5, 5.41) is 3.31. The van der Waals surface area contributed by atoms with E-state index in [2.05, 4.69) is 10.3 Å². The van der Waals surface area contributed by atoms with Crippen LogP contribution >= 0.6 is 23.2 Å². The van der Waals surface area contributed by atoms with Gasteiger partial charge >= 0.3 is 0 Å². The van der Waals surface area contributed by atoms with E-state index in [9.17, 15) is 4.79 Å². The molecular formula is C15H12Cl2N2O. The van der Waals surface area contributed by atoms with Gasteiger partial charge in [0, 0.05) is 6.20 Å². The molecule has 2 atom stereocenters.